The molecule has 32 heavy (non-hydrogen) atoms. The number of hydrogen-bond donors (Lipinski definition) is 0. The average molecular weight is 476 g/mol. The van der Waals surface area contributed by atoms with Crippen molar-refractivity contribution in [3.63, 3.8) is 0 Å². The number of nitro groups is 1. The highest BCUT2D eigenvalue weighted by Crippen LogP contribution is 2.40. The molecule has 1 saturated heterocycles. The predicted octanol–water partition coefficient (Wildman–Crippen LogP) is 4.63. The van der Waals surface area contributed by atoms with Crippen molar-refractivity contribution in [3.05, 3.63) is 73.8 Å². The second-order valence-electron chi connectivity index (χ2n) is 7.86. The van der Waals surface area contributed by atoms with Crippen LogP contribution >= 0.6 is 23.2 Å². The summed E-state index contributed by atoms with van der Waals surface area (Å²) in [5.41, 5.74) is -0.0949. The molecule has 2 aliphatic rings. The van der Waals surface area contributed by atoms with Gasteiger partial charge in [0, 0.05) is 11.1 Å². The first-order valence-corrected chi connectivity index (χ1v) is 10.9. The highest BCUT2D eigenvalue weighted by Gasteiger charge is 2.51. The number of carbonyl (C=O) groups excluding carboxylic acids is 3. The molecule has 0 bridgehead atoms. The number of halogens is 2. The van der Waals surface area contributed by atoms with E-state index in [4.69, 9.17) is 23.2 Å². The molecule has 0 N–H and O–H groups in total. The highest BCUT2D eigenvalue weighted by molar-refractivity contribution is 6.34. The van der Waals surface area contributed by atoms with Crippen molar-refractivity contribution in [1.82, 2.24) is 10.0 Å². The maximum absolute atomic E-state index is 13.5. The Labute approximate surface area is 193 Å². The molecule has 2 aromatic rings. The molecule has 2 aromatic carbocycles. The second kappa shape index (κ2) is 8.88. The Bertz CT molecular complexity index is 1100. The Morgan fingerprint density at radius 2 is 1.69 bits per heavy atom. The van der Waals surface area contributed by atoms with Gasteiger partial charge in [0.25, 0.3) is 23.4 Å². The fraction of sp³-hybridized carbons (Fsp3) is 0.318. The van der Waals surface area contributed by atoms with E-state index in [0.717, 1.165) is 22.9 Å². The van der Waals surface area contributed by atoms with Gasteiger partial charge in [-0.3, -0.25) is 24.5 Å². The van der Waals surface area contributed by atoms with Gasteiger partial charge in [0.05, 0.1) is 39.5 Å². The van der Waals surface area contributed by atoms with Crippen LogP contribution in [0, 0.1) is 22.0 Å². The van der Waals surface area contributed by atoms with Crippen LogP contribution in [0.5, 0.6) is 0 Å². The zero-order valence-corrected chi connectivity index (χ0v) is 18.4. The van der Waals surface area contributed by atoms with Crippen molar-refractivity contribution < 1.29 is 19.3 Å². The molecule has 0 aromatic heterocycles. The molecule has 1 saturated carbocycles. The van der Waals surface area contributed by atoms with Crippen molar-refractivity contribution in [2.24, 2.45) is 11.8 Å². The Morgan fingerprint density at radius 1 is 1.06 bits per heavy atom. The molecule has 8 nitrogen and oxygen atoms in total. The first-order valence-electron chi connectivity index (χ1n) is 10.2. The monoisotopic (exact) mass is 475 g/mol. The van der Waals surface area contributed by atoms with Crippen LogP contribution in [0.3, 0.4) is 0 Å². The Balaban J connectivity index is 1.79. The summed E-state index contributed by atoms with van der Waals surface area (Å²) in [5.74, 6) is -2.59. The van der Waals surface area contributed by atoms with Crippen molar-refractivity contribution in [2.75, 3.05) is 0 Å². The van der Waals surface area contributed by atoms with Gasteiger partial charge < -0.3 is 0 Å². The summed E-state index contributed by atoms with van der Waals surface area (Å²) in [6.07, 6.45) is 2.80. The van der Waals surface area contributed by atoms with Gasteiger partial charge in [-0.25, -0.2) is 5.01 Å². The van der Waals surface area contributed by atoms with Crippen LogP contribution in [0.4, 0.5) is 5.69 Å². The first-order chi connectivity index (χ1) is 15.3. The summed E-state index contributed by atoms with van der Waals surface area (Å²) in [5, 5.41) is 13.7. The third kappa shape index (κ3) is 3.96. The lowest BCUT2D eigenvalue weighted by Crippen LogP contribution is -2.50. The summed E-state index contributed by atoms with van der Waals surface area (Å²) in [6, 6.07) is 10.3. The number of nitrogens with zero attached hydrogens (tertiary/aromatic N) is 3. The molecule has 166 valence electrons. The number of rotatable bonds is 5. The van der Waals surface area contributed by atoms with E-state index in [1.807, 2.05) is 0 Å². The smallest absolute Gasteiger partial charge is 0.272 e. The molecule has 1 aliphatic heterocycles. The Hall–Kier alpha value is -2.97. The standard InChI is InChI=1S/C22H19Cl2N3O5/c23-14-10-9-13(19(11-14)27(31)32)12-25(20(28)17-7-3-4-8-18(17)24)26-21(29)15-5-1-2-6-16(15)22(26)30/h3-4,7-11,15-16H,1-2,5-6,12H2/t15-,16-/m1/s1. The highest BCUT2D eigenvalue weighted by atomic mass is 35.5. The lowest BCUT2D eigenvalue weighted by Gasteiger charge is -2.30. The van der Waals surface area contributed by atoms with E-state index < -0.39 is 34.5 Å². The number of imide groups is 1. The van der Waals surface area contributed by atoms with Gasteiger partial charge in [-0.2, -0.15) is 5.01 Å². The number of fused-ring (bicyclic) bond motifs is 1. The third-order valence-corrected chi connectivity index (χ3v) is 6.53. The number of benzene rings is 2. The fourth-order valence-electron chi connectivity index (χ4n) is 4.39. The third-order valence-electron chi connectivity index (χ3n) is 5.96. The molecule has 2 atom stereocenters. The van der Waals surface area contributed by atoms with Gasteiger partial charge in [-0.15, -0.1) is 0 Å². The summed E-state index contributed by atoms with van der Waals surface area (Å²) in [6.45, 7) is -0.367. The van der Waals surface area contributed by atoms with Gasteiger partial charge in [0.15, 0.2) is 0 Å². The van der Waals surface area contributed by atoms with Crippen molar-refractivity contribution >= 4 is 46.6 Å². The van der Waals surface area contributed by atoms with Gasteiger partial charge in [0.2, 0.25) is 0 Å². The molecule has 0 spiro atoms. The van der Waals surface area contributed by atoms with E-state index >= 15 is 0 Å². The van der Waals surface area contributed by atoms with Crippen LogP contribution in [-0.2, 0) is 16.1 Å². The zero-order valence-electron chi connectivity index (χ0n) is 16.9. The summed E-state index contributed by atoms with van der Waals surface area (Å²) < 4.78 is 0. The fourth-order valence-corrected chi connectivity index (χ4v) is 4.77. The van der Waals surface area contributed by atoms with E-state index in [0.29, 0.717) is 12.8 Å². The minimum atomic E-state index is -0.694. The number of amides is 3. The van der Waals surface area contributed by atoms with Crippen molar-refractivity contribution in [3.8, 4) is 0 Å². The topological polar surface area (TPSA) is 101 Å². The summed E-state index contributed by atoms with van der Waals surface area (Å²) in [4.78, 5) is 50.9. The van der Waals surface area contributed by atoms with Crippen molar-refractivity contribution in [2.45, 2.75) is 32.2 Å². The lowest BCUT2D eigenvalue weighted by atomic mass is 9.81. The number of carbonyl (C=O) groups is 3. The maximum Gasteiger partial charge on any atom is 0.275 e. The van der Waals surface area contributed by atoms with Gasteiger partial charge in [0.1, 0.15) is 0 Å². The predicted molar refractivity (Wildman–Crippen MR) is 117 cm³/mol. The molecule has 2 fully saturated rings. The number of nitro benzene ring substituents is 1. The van der Waals surface area contributed by atoms with Gasteiger partial charge in [-0.1, -0.05) is 48.2 Å². The maximum atomic E-state index is 13.5. The van der Waals surface area contributed by atoms with Crippen LogP contribution < -0.4 is 0 Å². The minimum Gasteiger partial charge on any atom is -0.272 e. The van der Waals surface area contributed by atoms with E-state index in [9.17, 15) is 24.5 Å². The Kier molecular flexibility index (Phi) is 6.17. The molecule has 0 radical (unpaired) electrons. The van der Waals surface area contributed by atoms with E-state index in [2.05, 4.69) is 0 Å². The van der Waals surface area contributed by atoms with E-state index in [1.54, 1.807) is 12.1 Å². The second-order valence-corrected chi connectivity index (χ2v) is 8.70. The Morgan fingerprint density at radius 3 is 2.28 bits per heavy atom. The van der Waals surface area contributed by atoms with Crippen LogP contribution in [0.15, 0.2) is 42.5 Å². The quantitative estimate of drug-likeness (QED) is 0.356. The minimum absolute atomic E-state index is 0.0845. The first kappa shape index (κ1) is 22.2. The summed E-state index contributed by atoms with van der Waals surface area (Å²) in [7, 11) is 0. The zero-order chi connectivity index (χ0) is 23.0. The van der Waals surface area contributed by atoms with Crippen LogP contribution in [0.25, 0.3) is 0 Å². The molecular formula is C22H19Cl2N3O5. The van der Waals surface area contributed by atoms with Crippen LogP contribution in [0.1, 0.15) is 41.6 Å². The van der Waals surface area contributed by atoms with Gasteiger partial charge >= 0.3 is 0 Å². The van der Waals surface area contributed by atoms with Gasteiger partial charge in [-0.05, 0) is 37.1 Å². The number of hydrogen-bond acceptors (Lipinski definition) is 5. The van der Waals surface area contributed by atoms with E-state index in [1.165, 1.54) is 30.3 Å². The van der Waals surface area contributed by atoms with Crippen molar-refractivity contribution in [1.29, 1.82) is 0 Å². The normalized spacial score (nSPS) is 20.2. The van der Waals surface area contributed by atoms with E-state index in [-0.39, 0.29) is 33.4 Å². The largest absolute Gasteiger partial charge is 0.275 e. The molecule has 3 amide bonds. The number of hydrazine groups is 1. The lowest BCUT2D eigenvalue weighted by molar-refractivity contribution is -0.385. The molecular weight excluding hydrogens is 457 g/mol. The SMILES string of the molecule is O=C(c1ccccc1Cl)N(Cc1ccc(Cl)cc1[N+](=O)[O-])N1C(=O)[C@@H]2CCCC[C@H]2C1=O. The van der Waals surface area contributed by atoms with Crippen LogP contribution in [0.2, 0.25) is 10.0 Å². The molecule has 4 rings (SSSR count). The average Bonchev–Trinajstić information content (AvgIpc) is 3.03. The molecule has 0 unspecified atom stereocenters. The molecule has 10 heteroatoms. The summed E-state index contributed by atoms with van der Waals surface area (Å²) >= 11 is 12.1. The molecule has 1 aliphatic carbocycles. The molecule has 1 heterocycles. The van der Waals surface area contributed by atoms with Crippen LogP contribution in [-0.4, -0.2) is 32.7 Å².